The lowest BCUT2D eigenvalue weighted by Gasteiger charge is -2.38. The minimum atomic E-state index is -4.76. The smallest absolute Gasteiger partial charge is 0.383 e. The van der Waals surface area contributed by atoms with Gasteiger partial charge in [0.25, 0.3) is 0 Å². The second kappa shape index (κ2) is 9.04. The van der Waals surface area contributed by atoms with Crippen molar-refractivity contribution in [2.75, 3.05) is 50.0 Å². The number of alkyl halides is 3. The average molecular weight is 495 g/mol. The van der Waals surface area contributed by atoms with Crippen molar-refractivity contribution >= 4 is 11.6 Å². The fourth-order valence-electron chi connectivity index (χ4n) is 4.47. The van der Waals surface area contributed by atoms with Gasteiger partial charge in [0.1, 0.15) is 29.6 Å². The van der Waals surface area contributed by atoms with Gasteiger partial charge in [0.05, 0.1) is 23.4 Å². The number of pyridine rings is 1. The van der Waals surface area contributed by atoms with Crippen molar-refractivity contribution in [1.82, 2.24) is 24.6 Å². The van der Waals surface area contributed by atoms with Gasteiger partial charge in [-0.2, -0.15) is 13.2 Å². The van der Waals surface area contributed by atoms with Gasteiger partial charge in [-0.15, -0.1) is 5.10 Å². The lowest BCUT2D eigenvalue weighted by molar-refractivity contribution is -0.137. The van der Waals surface area contributed by atoms with Crippen LogP contribution in [0.4, 0.5) is 33.6 Å². The van der Waals surface area contributed by atoms with E-state index in [2.05, 4.69) is 20.0 Å². The molecule has 1 atom stereocenters. The molecule has 5 rings (SSSR count). The van der Waals surface area contributed by atoms with E-state index in [4.69, 9.17) is 10.5 Å². The Morgan fingerprint density at radius 1 is 1.00 bits per heavy atom. The zero-order valence-electron chi connectivity index (χ0n) is 18.5. The number of benzene rings is 1. The molecule has 35 heavy (non-hydrogen) atoms. The van der Waals surface area contributed by atoms with Gasteiger partial charge in [-0.05, 0) is 24.6 Å². The van der Waals surface area contributed by atoms with Crippen LogP contribution in [-0.2, 0) is 10.9 Å². The number of halogens is 5. The van der Waals surface area contributed by atoms with Gasteiger partial charge in [-0.1, -0.05) is 0 Å². The van der Waals surface area contributed by atoms with Crippen LogP contribution in [0.2, 0.25) is 0 Å². The minimum Gasteiger partial charge on any atom is -0.383 e. The number of nitrogens with zero attached hydrogens (tertiary/aromatic N) is 6. The van der Waals surface area contributed by atoms with Gasteiger partial charge < -0.3 is 15.4 Å². The van der Waals surface area contributed by atoms with Crippen molar-refractivity contribution in [1.29, 1.82) is 0 Å². The molecule has 2 aromatic heterocycles. The third kappa shape index (κ3) is 4.78. The standard InChI is InChI=1S/C22H22F5N7O/c23-13-7-14(24)9-16(8-13)34-12-29-21(31-34)19-17(22(25,26)27)10-18(30-20(19)28)33-4-2-32(3-5-33)15-1-6-35-11-15/h7-10,12,15H,1-6,11H2,(H2,28,30)/t15-/m0/s1. The maximum absolute atomic E-state index is 14.1. The first kappa shape index (κ1) is 23.4. The van der Waals surface area contributed by atoms with Crippen molar-refractivity contribution in [3.63, 3.8) is 0 Å². The number of ether oxygens (including phenoxy) is 1. The van der Waals surface area contributed by atoms with Gasteiger partial charge in [0.15, 0.2) is 5.82 Å². The van der Waals surface area contributed by atoms with Gasteiger partial charge in [-0.3, -0.25) is 4.90 Å². The number of hydrogen-bond acceptors (Lipinski definition) is 7. The van der Waals surface area contributed by atoms with Gasteiger partial charge >= 0.3 is 6.18 Å². The summed E-state index contributed by atoms with van der Waals surface area (Å²) in [5, 5.41) is 3.98. The monoisotopic (exact) mass is 495 g/mol. The zero-order chi connectivity index (χ0) is 24.7. The van der Waals surface area contributed by atoms with Crippen LogP contribution in [0.3, 0.4) is 0 Å². The molecule has 2 N–H and O–H groups in total. The summed E-state index contributed by atoms with van der Waals surface area (Å²) >= 11 is 0. The summed E-state index contributed by atoms with van der Waals surface area (Å²) in [7, 11) is 0. The molecule has 2 aliphatic rings. The summed E-state index contributed by atoms with van der Waals surface area (Å²) in [6, 6.07) is 3.91. The predicted molar refractivity (Wildman–Crippen MR) is 117 cm³/mol. The fourth-order valence-corrected chi connectivity index (χ4v) is 4.47. The van der Waals surface area contributed by atoms with E-state index in [1.807, 2.05) is 0 Å². The second-order valence-corrected chi connectivity index (χ2v) is 8.47. The zero-order valence-corrected chi connectivity index (χ0v) is 18.5. The first-order valence-electron chi connectivity index (χ1n) is 11.0. The Hall–Kier alpha value is -3.32. The molecule has 0 bridgehead atoms. The molecule has 0 saturated carbocycles. The molecule has 1 aromatic carbocycles. The van der Waals surface area contributed by atoms with E-state index in [9.17, 15) is 22.0 Å². The lowest BCUT2D eigenvalue weighted by atomic mass is 10.1. The van der Waals surface area contributed by atoms with Crippen molar-refractivity contribution in [3.05, 3.63) is 47.8 Å². The average Bonchev–Trinajstić information content (AvgIpc) is 3.50. The molecule has 186 valence electrons. The summed E-state index contributed by atoms with van der Waals surface area (Å²) in [6.45, 7) is 3.73. The Balaban J connectivity index is 1.45. The summed E-state index contributed by atoms with van der Waals surface area (Å²) in [6.07, 6.45) is -2.76. The first-order chi connectivity index (χ1) is 16.7. The number of anilines is 2. The molecule has 13 heteroatoms. The number of nitrogens with two attached hydrogens (primary N) is 1. The van der Waals surface area contributed by atoms with Crippen LogP contribution in [0.25, 0.3) is 17.1 Å². The SMILES string of the molecule is Nc1nc(N2CCN([C@H]3CCOC3)CC2)cc(C(F)(F)F)c1-c1ncn(-c2cc(F)cc(F)c2)n1. The van der Waals surface area contributed by atoms with E-state index >= 15 is 0 Å². The summed E-state index contributed by atoms with van der Waals surface area (Å²) in [5.41, 5.74) is 4.45. The largest absolute Gasteiger partial charge is 0.417 e. The number of rotatable bonds is 4. The van der Waals surface area contributed by atoms with Crippen LogP contribution < -0.4 is 10.6 Å². The summed E-state index contributed by atoms with van der Waals surface area (Å²) in [4.78, 5) is 12.2. The van der Waals surface area contributed by atoms with Crippen LogP contribution in [0, 0.1) is 11.6 Å². The van der Waals surface area contributed by atoms with Crippen molar-refractivity contribution in [2.45, 2.75) is 18.6 Å². The highest BCUT2D eigenvalue weighted by Crippen LogP contribution is 2.40. The second-order valence-electron chi connectivity index (χ2n) is 8.47. The Labute approximate surface area is 197 Å². The van der Waals surface area contributed by atoms with E-state index in [-0.39, 0.29) is 23.1 Å². The highest BCUT2D eigenvalue weighted by molar-refractivity contribution is 5.75. The molecule has 0 spiro atoms. The van der Waals surface area contributed by atoms with Gasteiger partial charge in [-0.25, -0.2) is 23.4 Å². The molecule has 2 aliphatic heterocycles. The third-order valence-corrected chi connectivity index (χ3v) is 6.23. The van der Waals surface area contributed by atoms with Gasteiger partial charge in [0, 0.05) is 44.9 Å². The molecule has 2 fully saturated rings. The van der Waals surface area contributed by atoms with E-state index in [1.165, 1.54) is 0 Å². The van der Waals surface area contributed by atoms with Crippen LogP contribution in [0.5, 0.6) is 0 Å². The molecule has 3 aromatic rings. The molecule has 0 amide bonds. The Bertz CT molecular complexity index is 1200. The molecule has 0 aliphatic carbocycles. The molecule has 0 radical (unpaired) electrons. The molecule has 8 nitrogen and oxygen atoms in total. The maximum Gasteiger partial charge on any atom is 0.417 e. The van der Waals surface area contributed by atoms with Crippen LogP contribution in [0.1, 0.15) is 12.0 Å². The third-order valence-electron chi connectivity index (χ3n) is 6.23. The molecule has 0 unspecified atom stereocenters. The number of nitrogen functional groups attached to an aromatic ring is 1. The lowest BCUT2D eigenvalue weighted by Crippen LogP contribution is -2.50. The van der Waals surface area contributed by atoms with Crippen molar-refractivity contribution in [2.24, 2.45) is 0 Å². The summed E-state index contributed by atoms with van der Waals surface area (Å²) in [5.74, 6) is -2.35. The van der Waals surface area contributed by atoms with E-state index < -0.39 is 28.9 Å². The molecular formula is C22H22F5N7O. The minimum absolute atomic E-state index is 0.0384. The summed E-state index contributed by atoms with van der Waals surface area (Å²) < 4.78 is 75.8. The molecule has 4 heterocycles. The molecule has 2 saturated heterocycles. The Morgan fingerprint density at radius 3 is 2.34 bits per heavy atom. The van der Waals surface area contributed by atoms with E-state index in [1.54, 1.807) is 4.90 Å². The van der Waals surface area contributed by atoms with Crippen molar-refractivity contribution in [3.8, 4) is 17.1 Å². The highest BCUT2D eigenvalue weighted by Gasteiger charge is 2.38. The highest BCUT2D eigenvalue weighted by atomic mass is 19.4. The molecular weight excluding hydrogens is 473 g/mol. The van der Waals surface area contributed by atoms with Crippen LogP contribution >= 0.6 is 0 Å². The van der Waals surface area contributed by atoms with Crippen molar-refractivity contribution < 1.29 is 26.7 Å². The van der Waals surface area contributed by atoms with E-state index in [0.717, 1.165) is 42.2 Å². The number of piperazine rings is 1. The van der Waals surface area contributed by atoms with Crippen LogP contribution in [-0.4, -0.2) is 70.1 Å². The topological polar surface area (TPSA) is 85.3 Å². The predicted octanol–water partition coefficient (Wildman–Crippen LogP) is 3.12. The maximum atomic E-state index is 14.1. The number of hydrogen-bond donors (Lipinski definition) is 1. The first-order valence-corrected chi connectivity index (χ1v) is 11.0. The fraction of sp³-hybridized carbons (Fsp3) is 0.409. The van der Waals surface area contributed by atoms with Gasteiger partial charge in [0.2, 0.25) is 0 Å². The number of aromatic nitrogens is 4. The normalized spacial score (nSPS) is 19.5. The van der Waals surface area contributed by atoms with E-state index in [0.29, 0.717) is 44.9 Å². The van der Waals surface area contributed by atoms with Crippen LogP contribution in [0.15, 0.2) is 30.6 Å². The quantitative estimate of drug-likeness (QED) is 0.557. The Morgan fingerprint density at radius 2 is 1.71 bits per heavy atom. The Kier molecular flexibility index (Phi) is 6.05.